The zero-order chi connectivity index (χ0) is 15.4. The summed E-state index contributed by atoms with van der Waals surface area (Å²) in [6.07, 6.45) is 1.16. The average molecular weight is 285 g/mol. The molecule has 0 aliphatic heterocycles. The molecule has 0 aliphatic carbocycles. The molecule has 3 heteroatoms. The number of aryl methyl sites for hydroxylation is 3. The molecule has 0 bridgehead atoms. The maximum atomic E-state index is 4.72. The summed E-state index contributed by atoms with van der Waals surface area (Å²) in [4.78, 5) is 0. The van der Waals surface area contributed by atoms with Crippen molar-refractivity contribution >= 4 is 0 Å². The summed E-state index contributed by atoms with van der Waals surface area (Å²) >= 11 is 0. The van der Waals surface area contributed by atoms with Gasteiger partial charge in [-0.2, -0.15) is 5.10 Å². The van der Waals surface area contributed by atoms with Gasteiger partial charge in [0, 0.05) is 17.8 Å². The van der Waals surface area contributed by atoms with Crippen molar-refractivity contribution in [1.82, 2.24) is 15.1 Å². The van der Waals surface area contributed by atoms with Crippen molar-refractivity contribution in [3.8, 4) is 0 Å². The van der Waals surface area contributed by atoms with Crippen molar-refractivity contribution in [1.29, 1.82) is 0 Å². The van der Waals surface area contributed by atoms with E-state index >= 15 is 0 Å². The molecule has 0 spiro atoms. The van der Waals surface area contributed by atoms with Crippen LogP contribution in [0.1, 0.15) is 47.0 Å². The maximum Gasteiger partial charge on any atom is 0.0662 e. The zero-order valence-electron chi connectivity index (χ0n) is 14.0. The summed E-state index contributed by atoms with van der Waals surface area (Å²) in [5, 5.41) is 8.20. The van der Waals surface area contributed by atoms with Gasteiger partial charge in [0.25, 0.3) is 0 Å². The first-order valence-corrected chi connectivity index (χ1v) is 7.82. The van der Waals surface area contributed by atoms with Gasteiger partial charge in [-0.15, -0.1) is 0 Å². The predicted molar refractivity (Wildman–Crippen MR) is 88.7 cm³/mol. The molecule has 3 nitrogen and oxygen atoms in total. The van der Waals surface area contributed by atoms with Crippen molar-refractivity contribution in [3.63, 3.8) is 0 Å². The minimum absolute atomic E-state index is 0.850. The summed E-state index contributed by atoms with van der Waals surface area (Å²) in [5.41, 5.74) is 7.71. The third-order valence-corrected chi connectivity index (χ3v) is 3.87. The van der Waals surface area contributed by atoms with Crippen LogP contribution in [0.25, 0.3) is 0 Å². The summed E-state index contributed by atoms with van der Waals surface area (Å²) in [6.45, 7) is 13.6. The lowest BCUT2D eigenvalue weighted by Gasteiger charge is -2.08. The highest BCUT2D eigenvalue weighted by Gasteiger charge is 2.11. The molecule has 0 aliphatic rings. The fourth-order valence-electron chi connectivity index (χ4n) is 2.87. The van der Waals surface area contributed by atoms with Crippen LogP contribution in [-0.2, 0) is 13.1 Å². The summed E-state index contributed by atoms with van der Waals surface area (Å²) in [6, 6.07) is 6.71. The van der Waals surface area contributed by atoms with E-state index in [-0.39, 0.29) is 0 Å². The van der Waals surface area contributed by atoms with E-state index in [1.54, 1.807) is 0 Å². The smallest absolute Gasteiger partial charge is 0.0662 e. The number of rotatable bonds is 6. The van der Waals surface area contributed by atoms with Gasteiger partial charge >= 0.3 is 0 Å². The van der Waals surface area contributed by atoms with Gasteiger partial charge in [0.05, 0.1) is 12.2 Å². The number of nitrogens with one attached hydrogen (secondary N) is 1. The highest BCUT2D eigenvalue weighted by molar-refractivity contribution is 5.30. The normalized spacial score (nSPS) is 11.1. The van der Waals surface area contributed by atoms with Gasteiger partial charge < -0.3 is 5.32 Å². The van der Waals surface area contributed by atoms with Crippen molar-refractivity contribution < 1.29 is 0 Å². The Hall–Kier alpha value is -1.61. The topological polar surface area (TPSA) is 29.9 Å². The molecule has 1 N–H and O–H groups in total. The second kappa shape index (κ2) is 6.90. The van der Waals surface area contributed by atoms with Gasteiger partial charge in [-0.05, 0) is 46.2 Å². The molecule has 114 valence electrons. The summed E-state index contributed by atoms with van der Waals surface area (Å²) < 4.78 is 2.13. The molecule has 0 saturated heterocycles. The quantitative estimate of drug-likeness (QED) is 0.821. The van der Waals surface area contributed by atoms with Crippen molar-refractivity contribution in [2.24, 2.45) is 0 Å². The molecule has 1 aromatic heterocycles. The molecule has 0 amide bonds. The molecule has 21 heavy (non-hydrogen) atoms. The third kappa shape index (κ3) is 3.94. The molecule has 2 aromatic rings. The fourth-order valence-corrected chi connectivity index (χ4v) is 2.87. The summed E-state index contributed by atoms with van der Waals surface area (Å²) in [7, 11) is 0. The second-order valence-corrected chi connectivity index (χ2v) is 5.98. The Morgan fingerprint density at radius 3 is 2.33 bits per heavy atom. The van der Waals surface area contributed by atoms with Crippen LogP contribution < -0.4 is 5.32 Å². The van der Waals surface area contributed by atoms with E-state index in [1.807, 2.05) is 0 Å². The zero-order valence-corrected chi connectivity index (χ0v) is 14.0. The van der Waals surface area contributed by atoms with E-state index in [1.165, 1.54) is 27.9 Å². The Morgan fingerprint density at radius 1 is 1.05 bits per heavy atom. The minimum Gasteiger partial charge on any atom is -0.313 e. The maximum absolute atomic E-state index is 4.72. The molecule has 0 fully saturated rings. The van der Waals surface area contributed by atoms with Gasteiger partial charge in [-0.25, -0.2) is 0 Å². The lowest BCUT2D eigenvalue weighted by molar-refractivity contribution is 0.650. The van der Waals surface area contributed by atoms with Gasteiger partial charge in [-0.1, -0.05) is 36.2 Å². The van der Waals surface area contributed by atoms with E-state index in [0.29, 0.717) is 0 Å². The van der Waals surface area contributed by atoms with Crippen LogP contribution in [0.2, 0.25) is 0 Å². The number of hydrogen-bond donors (Lipinski definition) is 1. The van der Waals surface area contributed by atoms with E-state index < -0.39 is 0 Å². The first kappa shape index (κ1) is 15.8. The number of nitrogens with zero attached hydrogens (tertiary/aromatic N) is 2. The molecule has 0 unspecified atom stereocenters. The van der Waals surface area contributed by atoms with Crippen LogP contribution in [0.15, 0.2) is 18.2 Å². The molecular formula is C18H27N3. The largest absolute Gasteiger partial charge is 0.313 e. The lowest BCUT2D eigenvalue weighted by Crippen LogP contribution is -2.15. The van der Waals surface area contributed by atoms with Crippen LogP contribution in [0.5, 0.6) is 0 Å². The van der Waals surface area contributed by atoms with Gasteiger partial charge in [0.15, 0.2) is 0 Å². The molecule has 0 saturated carbocycles. The second-order valence-electron chi connectivity index (χ2n) is 5.98. The van der Waals surface area contributed by atoms with Crippen LogP contribution in [0.3, 0.4) is 0 Å². The molecule has 1 heterocycles. The SMILES string of the molecule is CCCNCc1c(C)nn(Cc2cc(C)cc(C)c2)c1C. The Bertz CT molecular complexity index is 591. The first-order valence-electron chi connectivity index (χ1n) is 7.82. The Kier molecular flexibility index (Phi) is 5.18. The fraction of sp³-hybridized carbons (Fsp3) is 0.500. The Morgan fingerprint density at radius 2 is 1.71 bits per heavy atom. The number of aromatic nitrogens is 2. The molecule has 2 rings (SSSR count). The van der Waals surface area contributed by atoms with Crippen molar-refractivity contribution in [3.05, 3.63) is 51.8 Å². The van der Waals surface area contributed by atoms with Crippen LogP contribution >= 0.6 is 0 Å². The molecule has 1 aromatic carbocycles. The predicted octanol–water partition coefficient (Wildman–Crippen LogP) is 3.66. The Balaban J connectivity index is 2.18. The van der Waals surface area contributed by atoms with Gasteiger partial charge in [-0.3, -0.25) is 4.68 Å². The molecule has 0 atom stereocenters. The van der Waals surface area contributed by atoms with Crippen molar-refractivity contribution in [2.45, 2.75) is 54.1 Å². The van der Waals surface area contributed by atoms with Crippen LogP contribution in [0, 0.1) is 27.7 Å². The highest BCUT2D eigenvalue weighted by Crippen LogP contribution is 2.16. The minimum atomic E-state index is 0.850. The lowest BCUT2D eigenvalue weighted by atomic mass is 10.1. The van der Waals surface area contributed by atoms with Gasteiger partial charge in [0.1, 0.15) is 0 Å². The molecular weight excluding hydrogens is 258 g/mol. The first-order chi connectivity index (χ1) is 10.0. The number of benzene rings is 1. The standard InChI is InChI=1S/C18H27N3/c1-6-7-19-11-18-15(4)20-21(16(18)5)12-17-9-13(2)8-14(3)10-17/h8-10,19H,6-7,11-12H2,1-5H3. The Labute approximate surface area is 128 Å². The number of hydrogen-bond acceptors (Lipinski definition) is 2. The van der Waals surface area contributed by atoms with E-state index in [4.69, 9.17) is 5.10 Å². The van der Waals surface area contributed by atoms with E-state index in [2.05, 4.69) is 62.8 Å². The van der Waals surface area contributed by atoms with Crippen molar-refractivity contribution in [2.75, 3.05) is 6.54 Å². The van der Waals surface area contributed by atoms with Crippen LogP contribution in [0.4, 0.5) is 0 Å². The highest BCUT2D eigenvalue weighted by atomic mass is 15.3. The molecule has 0 radical (unpaired) electrons. The van der Waals surface area contributed by atoms with Crippen LogP contribution in [-0.4, -0.2) is 16.3 Å². The monoisotopic (exact) mass is 285 g/mol. The van der Waals surface area contributed by atoms with E-state index in [9.17, 15) is 0 Å². The average Bonchev–Trinajstić information content (AvgIpc) is 2.65. The van der Waals surface area contributed by atoms with Gasteiger partial charge in [0.2, 0.25) is 0 Å². The van der Waals surface area contributed by atoms with E-state index in [0.717, 1.165) is 31.7 Å². The summed E-state index contributed by atoms with van der Waals surface area (Å²) in [5.74, 6) is 0. The third-order valence-electron chi connectivity index (χ3n) is 3.87.